The molecule has 2 rings (SSSR count). The number of hydrogen-bond acceptors (Lipinski definition) is 4. The van der Waals surface area contributed by atoms with Crippen LogP contribution in [0.1, 0.15) is 15.9 Å². The smallest absolute Gasteiger partial charge is 0.250 e. The normalized spacial score (nSPS) is 10.1. The van der Waals surface area contributed by atoms with Gasteiger partial charge in [0.15, 0.2) is 0 Å². The molecule has 5 N–H and O–H groups in total. The number of nitrogens with zero attached hydrogens (tertiary/aromatic N) is 1. The lowest BCUT2D eigenvalue weighted by atomic mass is 10.1. The van der Waals surface area contributed by atoms with Crippen LogP contribution in [0.25, 0.3) is 0 Å². The van der Waals surface area contributed by atoms with Gasteiger partial charge in [-0.25, -0.2) is 0 Å². The molecule has 2 aromatic rings. The number of para-hydroxylation sites is 1. The van der Waals surface area contributed by atoms with Crippen LogP contribution in [0.3, 0.4) is 0 Å². The Morgan fingerprint density at radius 2 is 1.95 bits per heavy atom. The van der Waals surface area contributed by atoms with E-state index in [1.165, 1.54) is 5.56 Å². The summed E-state index contributed by atoms with van der Waals surface area (Å²) in [5.41, 5.74) is 13.8. The molecule has 0 spiro atoms. The first-order valence-corrected chi connectivity index (χ1v) is 5.99. The fraction of sp³-hybridized carbons (Fsp3) is 0.143. The van der Waals surface area contributed by atoms with Gasteiger partial charge in [0, 0.05) is 18.9 Å². The number of nitrogens with two attached hydrogens (primary N) is 2. The van der Waals surface area contributed by atoms with E-state index in [0.717, 1.165) is 18.7 Å². The SMILES string of the molecule is NC(=O)c1cccc(NCCc2ccncc2)c1N. The molecule has 0 saturated carbocycles. The fourth-order valence-corrected chi connectivity index (χ4v) is 1.83. The molecule has 1 aromatic heterocycles. The maximum Gasteiger partial charge on any atom is 0.250 e. The lowest BCUT2D eigenvalue weighted by molar-refractivity contribution is 0.100. The Bertz CT molecular complexity index is 569. The molecular formula is C14H16N4O. The number of rotatable bonds is 5. The Labute approximate surface area is 111 Å². The van der Waals surface area contributed by atoms with E-state index < -0.39 is 5.91 Å². The third-order valence-corrected chi connectivity index (χ3v) is 2.85. The van der Waals surface area contributed by atoms with Gasteiger partial charge in [0.05, 0.1) is 16.9 Å². The number of aromatic nitrogens is 1. The van der Waals surface area contributed by atoms with Gasteiger partial charge in [-0.15, -0.1) is 0 Å². The van der Waals surface area contributed by atoms with Gasteiger partial charge in [0.25, 0.3) is 5.91 Å². The number of benzene rings is 1. The summed E-state index contributed by atoms with van der Waals surface area (Å²) in [4.78, 5) is 15.1. The summed E-state index contributed by atoms with van der Waals surface area (Å²) in [5.74, 6) is -0.518. The molecule has 1 heterocycles. The first-order chi connectivity index (χ1) is 9.18. The molecular weight excluding hydrogens is 240 g/mol. The number of anilines is 2. The van der Waals surface area contributed by atoms with E-state index in [2.05, 4.69) is 10.3 Å². The molecule has 0 saturated heterocycles. The fourth-order valence-electron chi connectivity index (χ4n) is 1.83. The summed E-state index contributed by atoms with van der Waals surface area (Å²) in [6.07, 6.45) is 4.37. The van der Waals surface area contributed by atoms with Crippen LogP contribution in [0, 0.1) is 0 Å². The molecule has 1 aromatic carbocycles. The molecule has 0 aliphatic carbocycles. The van der Waals surface area contributed by atoms with Crippen molar-refractivity contribution in [3.8, 4) is 0 Å². The highest BCUT2D eigenvalue weighted by molar-refractivity contribution is 6.00. The second kappa shape index (κ2) is 5.86. The summed E-state index contributed by atoms with van der Waals surface area (Å²) in [5, 5.41) is 3.20. The van der Waals surface area contributed by atoms with E-state index >= 15 is 0 Å². The molecule has 0 aliphatic rings. The van der Waals surface area contributed by atoms with Crippen LogP contribution in [0.4, 0.5) is 11.4 Å². The van der Waals surface area contributed by atoms with E-state index in [-0.39, 0.29) is 0 Å². The summed E-state index contributed by atoms with van der Waals surface area (Å²) >= 11 is 0. The molecule has 0 fully saturated rings. The number of carbonyl (C=O) groups is 1. The van der Waals surface area contributed by atoms with Crippen LogP contribution >= 0.6 is 0 Å². The topological polar surface area (TPSA) is 94.0 Å². The second-order valence-corrected chi connectivity index (χ2v) is 4.16. The lowest BCUT2D eigenvalue weighted by Crippen LogP contribution is -2.15. The average molecular weight is 256 g/mol. The lowest BCUT2D eigenvalue weighted by Gasteiger charge is -2.11. The van der Waals surface area contributed by atoms with E-state index in [1.807, 2.05) is 18.2 Å². The van der Waals surface area contributed by atoms with Crippen LogP contribution in [0.2, 0.25) is 0 Å². The van der Waals surface area contributed by atoms with E-state index in [9.17, 15) is 4.79 Å². The van der Waals surface area contributed by atoms with Gasteiger partial charge < -0.3 is 16.8 Å². The number of pyridine rings is 1. The number of nitrogens with one attached hydrogen (secondary N) is 1. The molecule has 0 aliphatic heterocycles. The first kappa shape index (κ1) is 12.9. The molecule has 0 bridgehead atoms. The highest BCUT2D eigenvalue weighted by Gasteiger charge is 2.08. The van der Waals surface area contributed by atoms with Crippen molar-refractivity contribution in [2.75, 3.05) is 17.6 Å². The van der Waals surface area contributed by atoms with Crippen molar-refractivity contribution >= 4 is 17.3 Å². The Morgan fingerprint density at radius 3 is 2.63 bits per heavy atom. The Morgan fingerprint density at radius 1 is 1.21 bits per heavy atom. The molecule has 5 nitrogen and oxygen atoms in total. The van der Waals surface area contributed by atoms with Crippen molar-refractivity contribution < 1.29 is 4.79 Å². The zero-order chi connectivity index (χ0) is 13.7. The van der Waals surface area contributed by atoms with E-state index in [4.69, 9.17) is 11.5 Å². The Balaban J connectivity index is 2.00. The number of primary amides is 1. The van der Waals surface area contributed by atoms with Crippen molar-refractivity contribution in [3.63, 3.8) is 0 Å². The second-order valence-electron chi connectivity index (χ2n) is 4.16. The average Bonchev–Trinajstić information content (AvgIpc) is 2.41. The minimum atomic E-state index is -0.518. The Hall–Kier alpha value is -2.56. The van der Waals surface area contributed by atoms with Gasteiger partial charge in [-0.1, -0.05) is 6.07 Å². The van der Waals surface area contributed by atoms with Gasteiger partial charge >= 0.3 is 0 Å². The van der Waals surface area contributed by atoms with Crippen LogP contribution in [-0.4, -0.2) is 17.4 Å². The summed E-state index contributed by atoms with van der Waals surface area (Å²) in [6, 6.07) is 9.13. The minimum Gasteiger partial charge on any atom is -0.396 e. The number of amides is 1. The maximum atomic E-state index is 11.2. The molecule has 5 heteroatoms. The van der Waals surface area contributed by atoms with Crippen molar-refractivity contribution in [2.45, 2.75) is 6.42 Å². The van der Waals surface area contributed by atoms with Gasteiger partial charge in [0.2, 0.25) is 0 Å². The van der Waals surface area contributed by atoms with Crippen LogP contribution in [0.5, 0.6) is 0 Å². The maximum absolute atomic E-state index is 11.2. The highest BCUT2D eigenvalue weighted by Crippen LogP contribution is 2.22. The van der Waals surface area contributed by atoms with Gasteiger partial charge in [-0.3, -0.25) is 9.78 Å². The summed E-state index contributed by atoms with van der Waals surface area (Å²) in [6.45, 7) is 0.719. The first-order valence-electron chi connectivity index (χ1n) is 5.99. The predicted octanol–water partition coefficient (Wildman–Crippen LogP) is 1.42. The quantitative estimate of drug-likeness (QED) is 0.705. The summed E-state index contributed by atoms with van der Waals surface area (Å²) in [7, 11) is 0. The standard InChI is InChI=1S/C14H16N4O/c15-13-11(14(16)19)2-1-3-12(13)18-9-6-10-4-7-17-8-5-10/h1-5,7-8,18H,6,9,15H2,(H2,16,19). The van der Waals surface area contributed by atoms with Crippen molar-refractivity contribution in [3.05, 3.63) is 53.9 Å². The van der Waals surface area contributed by atoms with E-state index in [0.29, 0.717) is 11.3 Å². The molecule has 0 atom stereocenters. The van der Waals surface area contributed by atoms with Crippen LogP contribution in [-0.2, 0) is 6.42 Å². The third kappa shape index (κ3) is 3.22. The molecule has 1 amide bonds. The molecule has 0 radical (unpaired) electrons. The van der Waals surface area contributed by atoms with E-state index in [1.54, 1.807) is 24.5 Å². The molecule has 19 heavy (non-hydrogen) atoms. The minimum absolute atomic E-state index is 0.342. The van der Waals surface area contributed by atoms with Crippen molar-refractivity contribution in [1.82, 2.24) is 4.98 Å². The molecule has 98 valence electrons. The molecule has 0 unspecified atom stereocenters. The Kier molecular flexibility index (Phi) is 3.97. The number of nitrogen functional groups attached to an aromatic ring is 1. The van der Waals surface area contributed by atoms with Gasteiger partial charge in [0.1, 0.15) is 0 Å². The van der Waals surface area contributed by atoms with Crippen molar-refractivity contribution in [1.29, 1.82) is 0 Å². The number of carbonyl (C=O) groups excluding carboxylic acids is 1. The largest absolute Gasteiger partial charge is 0.396 e. The third-order valence-electron chi connectivity index (χ3n) is 2.85. The zero-order valence-electron chi connectivity index (χ0n) is 10.5. The van der Waals surface area contributed by atoms with Crippen molar-refractivity contribution in [2.24, 2.45) is 5.73 Å². The summed E-state index contributed by atoms with van der Waals surface area (Å²) < 4.78 is 0. The van der Waals surface area contributed by atoms with Gasteiger partial charge in [-0.2, -0.15) is 0 Å². The number of hydrogen-bond donors (Lipinski definition) is 3. The van der Waals surface area contributed by atoms with Gasteiger partial charge in [-0.05, 0) is 36.2 Å². The monoisotopic (exact) mass is 256 g/mol. The zero-order valence-corrected chi connectivity index (χ0v) is 10.5. The predicted molar refractivity (Wildman–Crippen MR) is 75.8 cm³/mol. The van der Waals surface area contributed by atoms with Crippen LogP contribution < -0.4 is 16.8 Å². The van der Waals surface area contributed by atoms with Crippen LogP contribution in [0.15, 0.2) is 42.7 Å². The highest BCUT2D eigenvalue weighted by atomic mass is 16.1.